The van der Waals surface area contributed by atoms with Crippen molar-refractivity contribution in [3.8, 4) is 0 Å². The Labute approximate surface area is 541 Å². The molecule has 502 valence electrons. The highest BCUT2D eigenvalue weighted by molar-refractivity contribution is 6.05. The fourth-order valence-electron chi connectivity index (χ4n) is 12.7. The van der Waals surface area contributed by atoms with E-state index in [0.29, 0.717) is 75.5 Å². The van der Waals surface area contributed by atoms with E-state index in [4.69, 9.17) is 18.9 Å². The number of likely N-dealkylation sites (N-methyl/N-ethyl adjacent to an activating group) is 1. The summed E-state index contributed by atoms with van der Waals surface area (Å²) in [5, 5.41) is 10.8. The van der Waals surface area contributed by atoms with Crippen molar-refractivity contribution < 1.29 is 70.5 Å². The number of nitrogens with one attached hydrogen (secondary N) is 4. The van der Waals surface area contributed by atoms with Crippen LogP contribution >= 0.6 is 0 Å². The van der Waals surface area contributed by atoms with E-state index in [0.717, 1.165) is 34.2 Å². The van der Waals surface area contributed by atoms with Crippen molar-refractivity contribution in [1.29, 1.82) is 0 Å². The number of anilines is 3. The number of fused-ring (bicyclic) bond motifs is 2. The molecule has 4 aromatic carbocycles. The normalized spacial score (nSPS) is 21.8. The summed E-state index contributed by atoms with van der Waals surface area (Å²) in [7, 11) is 1.39. The van der Waals surface area contributed by atoms with Gasteiger partial charge in [0.1, 0.15) is 52.5 Å². The van der Waals surface area contributed by atoms with Crippen molar-refractivity contribution in [2.75, 3.05) is 94.8 Å². The van der Waals surface area contributed by atoms with Gasteiger partial charge >= 0.3 is 12.2 Å². The minimum Gasteiger partial charge on any atom is -0.444 e. The van der Waals surface area contributed by atoms with Crippen molar-refractivity contribution in [2.45, 2.75) is 148 Å². The zero-order chi connectivity index (χ0) is 67.4. The smallest absolute Gasteiger partial charge is 0.410 e. The van der Waals surface area contributed by atoms with Crippen molar-refractivity contribution in [3.63, 3.8) is 0 Å². The molecule has 5 aliphatic rings. The number of rotatable bonds is 17. The second-order valence-electron chi connectivity index (χ2n) is 27.3. The van der Waals surface area contributed by atoms with Crippen LogP contribution < -0.4 is 26.2 Å². The van der Waals surface area contributed by atoms with Gasteiger partial charge in [-0.2, -0.15) is 0 Å². The Morgan fingerprint density at radius 2 is 1.45 bits per heavy atom. The van der Waals surface area contributed by atoms with E-state index in [1.807, 2.05) is 39.8 Å². The van der Waals surface area contributed by atoms with Crippen LogP contribution in [0.3, 0.4) is 0 Å². The molecule has 2 unspecified atom stereocenters. The van der Waals surface area contributed by atoms with Gasteiger partial charge in [-0.15, -0.1) is 0 Å². The first-order chi connectivity index (χ1) is 43.9. The topological polar surface area (TPSA) is 241 Å². The van der Waals surface area contributed by atoms with Crippen molar-refractivity contribution in [3.05, 3.63) is 124 Å². The molecule has 0 aliphatic carbocycles. The number of piperazine rings is 1. The van der Waals surface area contributed by atoms with Gasteiger partial charge in [0.05, 0.1) is 31.7 Å². The average Bonchev–Trinajstić information content (AvgIpc) is 1.61. The molecule has 93 heavy (non-hydrogen) atoms. The highest BCUT2D eigenvalue weighted by atomic mass is 19.1. The quantitative estimate of drug-likeness (QED) is 0.0813. The number of halogens is 3. The molecule has 22 nitrogen and oxygen atoms in total. The average molecular weight is 1290 g/mol. The van der Waals surface area contributed by atoms with E-state index in [1.165, 1.54) is 49.2 Å². The first-order valence-corrected chi connectivity index (χ1v) is 31.7. The molecule has 3 fully saturated rings. The molecule has 7 atom stereocenters. The summed E-state index contributed by atoms with van der Waals surface area (Å²) in [5.74, 6) is -6.89. The third-order valence-electron chi connectivity index (χ3n) is 17.9. The number of para-hydroxylation sites is 1. The Morgan fingerprint density at radius 1 is 0.774 bits per heavy atom. The second kappa shape index (κ2) is 28.6. The van der Waals surface area contributed by atoms with Crippen LogP contribution in [-0.4, -0.2) is 193 Å². The van der Waals surface area contributed by atoms with E-state index < -0.39 is 106 Å². The summed E-state index contributed by atoms with van der Waals surface area (Å²) < 4.78 is 67.0. The first kappa shape index (κ1) is 69.2. The van der Waals surface area contributed by atoms with Gasteiger partial charge in [-0.05, 0) is 165 Å². The van der Waals surface area contributed by atoms with Gasteiger partial charge in [-0.25, -0.2) is 22.8 Å². The number of amides is 8. The molecule has 8 amide bonds. The molecule has 5 heterocycles. The predicted molar refractivity (Wildman–Crippen MR) is 340 cm³/mol. The number of hydrogen-bond acceptors (Lipinski definition) is 14. The van der Waals surface area contributed by atoms with Crippen LogP contribution in [-0.2, 0) is 66.1 Å². The summed E-state index contributed by atoms with van der Waals surface area (Å²) in [6.07, 6.45) is -0.144. The maximum Gasteiger partial charge on any atom is 0.410 e. The number of morpholine rings is 1. The lowest BCUT2D eigenvalue weighted by molar-refractivity contribution is -0.144. The van der Waals surface area contributed by atoms with Gasteiger partial charge in [0, 0.05) is 89.0 Å². The minimum atomic E-state index is -1.50. The van der Waals surface area contributed by atoms with Gasteiger partial charge < -0.3 is 54.9 Å². The van der Waals surface area contributed by atoms with Crippen molar-refractivity contribution >= 4 is 64.7 Å². The van der Waals surface area contributed by atoms with Crippen molar-refractivity contribution in [2.24, 2.45) is 5.92 Å². The second-order valence-corrected chi connectivity index (χ2v) is 27.3. The first-order valence-electron chi connectivity index (χ1n) is 31.7. The fraction of sp³-hybridized carbons (Fsp3) is 0.529. The van der Waals surface area contributed by atoms with Crippen LogP contribution in [0.25, 0.3) is 0 Å². The largest absolute Gasteiger partial charge is 0.444 e. The zero-order valence-electron chi connectivity index (χ0n) is 54.9. The predicted octanol–water partition coefficient (Wildman–Crippen LogP) is 7.27. The van der Waals surface area contributed by atoms with Gasteiger partial charge in [0.25, 0.3) is 5.91 Å². The maximum atomic E-state index is 15.2. The molecule has 0 spiro atoms. The highest BCUT2D eigenvalue weighted by Crippen LogP contribution is 2.43. The summed E-state index contributed by atoms with van der Waals surface area (Å²) >= 11 is 0. The lowest BCUT2D eigenvalue weighted by Crippen LogP contribution is -2.64. The third-order valence-corrected chi connectivity index (χ3v) is 17.9. The van der Waals surface area contributed by atoms with Crippen LogP contribution in [0.5, 0.6) is 0 Å². The fourth-order valence-corrected chi connectivity index (χ4v) is 12.7. The summed E-state index contributed by atoms with van der Waals surface area (Å²) in [6.45, 7) is 20.2. The van der Waals surface area contributed by atoms with Crippen molar-refractivity contribution in [1.82, 2.24) is 35.1 Å². The van der Waals surface area contributed by atoms with Crippen LogP contribution in [0.2, 0.25) is 0 Å². The van der Waals surface area contributed by atoms with Crippen LogP contribution in [0, 0.1) is 23.4 Å². The number of hydrogen-bond donors (Lipinski definition) is 4. The number of carbonyl (C=O) groups excluding carboxylic acids is 8. The molecule has 0 aromatic heterocycles. The number of nitrogens with zero attached hydrogens (tertiary/aromatic N) is 6. The van der Waals surface area contributed by atoms with Crippen LogP contribution in [0.1, 0.15) is 116 Å². The van der Waals surface area contributed by atoms with E-state index in [1.54, 1.807) is 55.7 Å². The number of benzene rings is 4. The lowest BCUT2D eigenvalue weighted by atomic mass is 9.83. The minimum absolute atomic E-state index is 0.0541. The molecule has 3 saturated heterocycles. The Balaban J connectivity index is 0.940. The van der Waals surface area contributed by atoms with Gasteiger partial charge in [0.2, 0.25) is 29.5 Å². The Bertz CT molecular complexity index is 3450. The highest BCUT2D eigenvalue weighted by Gasteiger charge is 2.49. The molecule has 0 bridgehead atoms. The Hall–Kier alpha value is -8.13. The number of carbonyl (C=O) groups is 8. The maximum absolute atomic E-state index is 15.2. The molecular weight excluding hydrogens is 1210 g/mol. The molecule has 4 aromatic rings. The molecule has 0 saturated carbocycles. The summed E-state index contributed by atoms with van der Waals surface area (Å²) in [6, 6.07) is 14.8. The van der Waals surface area contributed by atoms with E-state index in [2.05, 4.69) is 38.0 Å². The van der Waals surface area contributed by atoms with Crippen LogP contribution in [0.4, 0.5) is 39.8 Å². The monoisotopic (exact) mass is 1290 g/mol. The standard InChI is InChI=1S/C68H87F3N10O12/c1-40-33-78(49(35-77-25-28-91-38-41(77)2)36-79(40)65(89)93-67(7,8)9)37-56(83)81-39-68(10,51-22-17-44(30-54(51)81)29-43-15-18-47(69)19-16-43)63(87)72-32-55(82)73-48-20-21-50-46(31-48)34-80(59(50)61(85)75-58-52(70)13-12-14-53(58)71)62(86)57(45-23-26-90-27-24-45)74-60(84)42(3)76(11)64(88)92-66(4,5)6/h12-22,30-31,40-42,45,49,57,59H,23-29,32-39H2,1-11H3,(H,72,87)(H,73,82)(H,74,84)(H,75,85)/t40-,41-,42?,49+,57?,59+,68-/m1/s1. The van der Waals surface area contributed by atoms with Gasteiger partial charge in [0.15, 0.2) is 0 Å². The lowest BCUT2D eigenvalue weighted by Gasteiger charge is -2.47. The molecule has 9 rings (SSSR count). The third kappa shape index (κ3) is 16.4. The Morgan fingerprint density at radius 3 is 2.12 bits per heavy atom. The molecule has 5 aliphatic heterocycles. The molecule has 0 radical (unpaired) electrons. The SMILES string of the molecule is CC(C(=O)NC(C(=O)N1Cc2cc(NC(=O)CNC(=O)[C@]3(C)CN(C(=O)CN4C[C@@H](C)N(C(=O)OC(C)(C)C)C[C@@H]4CN4CCOC[C@H]4C)c4cc(Cc5ccc(F)cc5)ccc43)ccc2[C@H]1C(=O)Nc1c(F)cccc1F)C1CCOCC1)N(C)C(=O)OC(C)(C)C. The number of ether oxygens (including phenoxy) is 4. The van der Waals surface area contributed by atoms with E-state index >= 15 is 18.4 Å². The van der Waals surface area contributed by atoms with Gasteiger partial charge in [-0.1, -0.05) is 36.4 Å². The molecule has 25 heteroatoms. The molecule has 4 N–H and O–H groups in total. The van der Waals surface area contributed by atoms with Gasteiger partial charge in [-0.3, -0.25) is 43.5 Å². The van der Waals surface area contributed by atoms with E-state index in [9.17, 15) is 33.2 Å². The van der Waals surface area contributed by atoms with E-state index in [-0.39, 0.29) is 73.9 Å². The summed E-state index contributed by atoms with van der Waals surface area (Å²) in [4.78, 5) is 124. The van der Waals surface area contributed by atoms with Crippen LogP contribution in [0.15, 0.2) is 78.9 Å². The molecular formula is C68H87F3N10O12. The zero-order valence-corrected chi connectivity index (χ0v) is 54.9. The summed E-state index contributed by atoms with van der Waals surface area (Å²) in [5.41, 5.74) is -0.235. The Kier molecular flexibility index (Phi) is 21.3.